The second-order valence-corrected chi connectivity index (χ2v) is 4.86. The molecule has 1 aliphatic rings. The SMILES string of the molecule is C=CCCN1CCCC(C(C)CC(=O)O)C1. The van der Waals surface area contributed by atoms with E-state index in [1.54, 1.807) is 0 Å². The van der Waals surface area contributed by atoms with Gasteiger partial charge in [-0.3, -0.25) is 4.79 Å². The zero-order valence-corrected chi connectivity index (χ0v) is 10.2. The van der Waals surface area contributed by atoms with E-state index in [4.69, 9.17) is 5.11 Å². The Labute approximate surface area is 98.1 Å². The lowest BCUT2D eigenvalue weighted by Gasteiger charge is -2.35. The van der Waals surface area contributed by atoms with Crippen LogP contribution in [0.4, 0.5) is 0 Å². The fourth-order valence-electron chi connectivity index (χ4n) is 2.47. The summed E-state index contributed by atoms with van der Waals surface area (Å²) >= 11 is 0. The molecule has 0 amide bonds. The minimum absolute atomic E-state index is 0.295. The highest BCUT2D eigenvalue weighted by Gasteiger charge is 2.25. The van der Waals surface area contributed by atoms with Gasteiger partial charge in [0, 0.05) is 19.5 Å². The van der Waals surface area contributed by atoms with Crippen LogP contribution in [0.15, 0.2) is 12.7 Å². The molecule has 3 heteroatoms. The number of hydrogen-bond donors (Lipinski definition) is 1. The molecule has 1 heterocycles. The van der Waals surface area contributed by atoms with Crippen molar-refractivity contribution in [1.82, 2.24) is 4.90 Å². The summed E-state index contributed by atoms with van der Waals surface area (Å²) in [6.07, 6.45) is 5.66. The van der Waals surface area contributed by atoms with Crippen LogP contribution < -0.4 is 0 Å². The largest absolute Gasteiger partial charge is 0.481 e. The van der Waals surface area contributed by atoms with Crippen molar-refractivity contribution in [3.8, 4) is 0 Å². The van der Waals surface area contributed by atoms with Crippen LogP contribution in [-0.2, 0) is 4.79 Å². The van der Waals surface area contributed by atoms with E-state index in [1.165, 1.54) is 12.8 Å². The Kier molecular flexibility index (Phi) is 5.53. The first kappa shape index (κ1) is 13.2. The van der Waals surface area contributed by atoms with E-state index >= 15 is 0 Å². The number of rotatable bonds is 6. The highest BCUT2D eigenvalue weighted by molar-refractivity contribution is 5.66. The van der Waals surface area contributed by atoms with Crippen molar-refractivity contribution in [2.24, 2.45) is 11.8 Å². The number of hydrogen-bond acceptors (Lipinski definition) is 2. The summed E-state index contributed by atoms with van der Waals surface area (Å²) in [5.74, 6) is 0.175. The average molecular weight is 225 g/mol. The third kappa shape index (κ3) is 4.35. The van der Waals surface area contributed by atoms with E-state index < -0.39 is 5.97 Å². The van der Waals surface area contributed by atoms with Crippen molar-refractivity contribution in [1.29, 1.82) is 0 Å². The van der Waals surface area contributed by atoms with Crippen LogP contribution in [0.25, 0.3) is 0 Å². The summed E-state index contributed by atoms with van der Waals surface area (Å²) in [5.41, 5.74) is 0. The quantitative estimate of drug-likeness (QED) is 0.706. The molecule has 2 atom stereocenters. The molecule has 0 saturated carbocycles. The average Bonchev–Trinajstić information content (AvgIpc) is 2.26. The van der Waals surface area contributed by atoms with Gasteiger partial charge in [-0.1, -0.05) is 13.0 Å². The summed E-state index contributed by atoms with van der Waals surface area (Å²) in [6.45, 7) is 9.08. The van der Waals surface area contributed by atoms with Gasteiger partial charge in [-0.2, -0.15) is 0 Å². The highest BCUT2D eigenvalue weighted by Crippen LogP contribution is 2.26. The van der Waals surface area contributed by atoms with Crippen molar-refractivity contribution in [3.05, 3.63) is 12.7 Å². The molecule has 0 aliphatic carbocycles. The first-order valence-electron chi connectivity index (χ1n) is 6.18. The maximum Gasteiger partial charge on any atom is 0.303 e. The normalized spacial score (nSPS) is 23.9. The van der Waals surface area contributed by atoms with Crippen molar-refractivity contribution in [2.45, 2.75) is 32.6 Å². The van der Waals surface area contributed by atoms with E-state index in [0.717, 1.165) is 26.1 Å². The molecule has 0 aromatic rings. The molecular formula is C13H23NO2. The summed E-state index contributed by atoms with van der Waals surface area (Å²) in [5, 5.41) is 8.79. The highest BCUT2D eigenvalue weighted by atomic mass is 16.4. The minimum atomic E-state index is -0.671. The molecule has 1 fully saturated rings. The Morgan fingerprint density at radius 1 is 1.69 bits per heavy atom. The number of carbonyl (C=O) groups is 1. The molecular weight excluding hydrogens is 202 g/mol. The van der Waals surface area contributed by atoms with E-state index in [0.29, 0.717) is 18.3 Å². The maximum atomic E-state index is 10.7. The lowest BCUT2D eigenvalue weighted by Crippen LogP contribution is -2.38. The summed E-state index contributed by atoms with van der Waals surface area (Å²) in [6, 6.07) is 0. The second-order valence-electron chi connectivity index (χ2n) is 4.86. The topological polar surface area (TPSA) is 40.5 Å². The van der Waals surface area contributed by atoms with Crippen molar-refractivity contribution in [2.75, 3.05) is 19.6 Å². The third-order valence-corrected chi connectivity index (χ3v) is 3.49. The Morgan fingerprint density at radius 2 is 2.44 bits per heavy atom. The van der Waals surface area contributed by atoms with Crippen LogP contribution in [-0.4, -0.2) is 35.6 Å². The van der Waals surface area contributed by atoms with Gasteiger partial charge in [-0.15, -0.1) is 6.58 Å². The molecule has 0 radical (unpaired) electrons. The lowest BCUT2D eigenvalue weighted by atomic mass is 9.84. The predicted octanol–water partition coefficient (Wildman–Crippen LogP) is 2.39. The van der Waals surface area contributed by atoms with Gasteiger partial charge in [0.25, 0.3) is 0 Å². The maximum absolute atomic E-state index is 10.7. The number of carboxylic acid groups (broad SMARTS) is 1. The molecule has 1 saturated heterocycles. The van der Waals surface area contributed by atoms with Gasteiger partial charge < -0.3 is 10.0 Å². The second kappa shape index (κ2) is 6.69. The number of likely N-dealkylation sites (tertiary alicyclic amines) is 1. The van der Waals surface area contributed by atoms with E-state index in [1.807, 2.05) is 6.08 Å². The Bertz CT molecular complexity index is 240. The summed E-state index contributed by atoms with van der Waals surface area (Å²) in [4.78, 5) is 13.1. The molecule has 1 N–H and O–H groups in total. The monoisotopic (exact) mass is 225 g/mol. The number of aliphatic carboxylic acids is 1. The third-order valence-electron chi connectivity index (χ3n) is 3.49. The molecule has 0 aromatic heterocycles. The molecule has 1 aliphatic heterocycles. The van der Waals surface area contributed by atoms with E-state index in [2.05, 4.69) is 18.4 Å². The van der Waals surface area contributed by atoms with Crippen molar-refractivity contribution in [3.63, 3.8) is 0 Å². The first-order chi connectivity index (χ1) is 7.63. The van der Waals surface area contributed by atoms with Crippen LogP contribution >= 0.6 is 0 Å². The molecule has 0 spiro atoms. The van der Waals surface area contributed by atoms with E-state index in [-0.39, 0.29) is 0 Å². The Morgan fingerprint density at radius 3 is 3.06 bits per heavy atom. The molecule has 16 heavy (non-hydrogen) atoms. The summed E-state index contributed by atoms with van der Waals surface area (Å²) < 4.78 is 0. The molecule has 92 valence electrons. The van der Waals surface area contributed by atoms with Gasteiger partial charge in [0.05, 0.1) is 0 Å². The van der Waals surface area contributed by atoms with Crippen LogP contribution in [0.3, 0.4) is 0 Å². The Hall–Kier alpha value is -0.830. The van der Waals surface area contributed by atoms with Crippen LogP contribution in [0.1, 0.15) is 32.6 Å². The lowest BCUT2D eigenvalue weighted by molar-refractivity contribution is -0.138. The standard InChI is InChI=1S/C13H23NO2/c1-3-4-7-14-8-5-6-12(10-14)11(2)9-13(15)16/h3,11-12H,1,4-10H2,2H3,(H,15,16). The van der Waals surface area contributed by atoms with Crippen LogP contribution in [0.5, 0.6) is 0 Å². The number of nitrogens with zero attached hydrogens (tertiary/aromatic N) is 1. The molecule has 1 rings (SSSR count). The van der Waals surface area contributed by atoms with Crippen molar-refractivity contribution < 1.29 is 9.90 Å². The fourth-order valence-corrected chi connectivity index (χ4v) is 2.47. The van der Waals surface area contributed by atoms with Crippen LogP contribution in [0.2, 0.25) is 0 Å². The zero-order chi connectivity index (χ0) is 12.0. The van der Waals surface area contributed by atoms with Gasteiger partial charge in [0.1, 0.15) is 0 Å². The minimum Gasteiger partial charge on any atom is -0.481 e. The van der Waals surface area contributed by atoms with Gasteiger partial charge in [-0.25, -0.2) is 0 Å². The number of piperidine rings is 1. The molecule has 0 aromatic carbocycles. The van der Waals surface area contributed by atoms with Crippen LogP contribution in [0, 0.1) is 11.8 Å². The molecule has 2 unspecified atom stereocenters. The van der Waals surface area contributed by atoms with Gasteiger partial charge in [0.15, 0.2) is 0 Å². The smallest absolute Gasteiger partial charge is 0.303 e. The van der Waals surface area contributed by atoms with Gasteiger partial charge >= 0.3 is 5.97 Å². The van der Waals surface area contributed by atoms with Crippen molar-refractivity contribution >= 4 is 5.97 Å². The number of carboxylic acids is 1. The zero-order valence-electron chi connectivity index (χ0n) is 10.2. The predicted molar refractivity (Wildman–Crippen MR) is 65.4 cm³/mol. The molecule has 3 nitrogen and oxygen atoms in total. The molecule has 0 bridgehead atoms. The Balaban J connectivity index is 2.36. The van der Waals surface area contributed by atoms with Gasteiger partial charge in [-0.05, 0) is 37.6 Å². The fraction of sp³-hybridized carbons (Fsp3) is 0.769. The van der Waals surface area contributed by atoms with E-state index in [9.17, 15) is 4.79 Å². The van der Waals surface area contributed by atoms with Gasteiger partial charge in [0.2, 0.25) is 0 Å². The first-order valence-corrected chi connectivity index (χ1v) is 6.18. The summed E-state index contributed by atoms with van der Waals surface area (Å²) in [7, 11) is 0.